The highest BCUT2D eigenvalue weighted by Crippen LogP contribution is 2.32. The van der Waals surface area contributed by atoms with Crippen molar-refractivity contribution in [3.05, 3.63) is 29.3 Å². The van der Waals surface area contributed by atoms with Gasteiger partial charge in [-0.05, 0) is 48.3 Å². The van der Waals surface area contributed by atoms with Crippen molar-refractivity contribution in [3.63, 3.8) is 0 Å². The van der Waals surface area contributed by atoms with E-state index in [2.05, 4.69) is 39.8 Å². The Balaban J connectivity index is 2.85. The van der Waals surface area contributed by atoms with Crippen molar-refractivity contribution in [3.8, 4) is 5.75 Å². The molecule has 1 aromatic carbocycles. The maximum absolute atomic E-state index is 9.90. The molecule has 2 N–H and O–H groups in total. The largest absolute Gasteiger partial charge is 0.493 e. The van der Waals surface area contributed by atoms with Crippen LogP contribution in [0.5, 0.6) is 5.75 Å². The van der Waals surface area contributed by atoms with Gasteiger partial charge in [0, 0.05) is 0 Å². The fraction of sp³-hybridized carbons (Fsp3) is 0.684. The zero-order valence-corrected chi connectivity index (χ0v) is 14.7. The summed E-state index contributed by atoms with van der Waals surface area (Å²) in [5.74, 6) is 0.951. The normalized spacial score (nSPS) is 14.7. The fourth-order valence-electron chi connectivity index (χ4n) is 2.44. The predicted molar refractivity (Wildman–Crippen MR) is 91.6 cm³/mol. The first-order chi connectivity index (χ1) is 10.3. The molecular weight excluding hydrogens is 276 g/mol. The number of benzene rings is 1. The number of hydrogen-bond donors (Lipinski definition) is 2. The Hall–Kier alpha value is -1.06. The minimum Gasteiger partial charge on any atom is -0.493 e. The van der Waals surface area contributed by atoms with Gasteiger partial charge in [-0.1, -0.05) is 46.8 Å². The predicted octanol–water partition coefficient (Wildman–Crippen LogP) is 3.84. The van der Waals surface area contributed by atoms with E-state index in [0.29, 0.717) is 12.8 Å². The minimum atomic E-state index is -0.654. The third-order valence-electron chi connectivity index (χ3n) is 3.90. The fourth-order valence-corrected chi connectivity index (χ4v) is 2.44. The molecule has 0 saturated heterocycles. The molecule has 1 rings (SSSR count). The van der Waals surface area contributed by atoms with Crippen molar-refractivity contribution in [1.82, 2.24) is 0 Å². The van der Waals surface area contributed by atoms with E-state index in [4.69, 9.17) is 4.74 Å². The lowest BCUT2D eigenvalue weighted by atomic mass is 9.84. The molecule has 3 heteroatoms. The topological polar surface area (TPSA) is 49.7 Å². The molecule has 0 aliphatic heterocycles. The second-order valence-electron chi connectivity index (χ2n) is 7.01. The molecule has 0 radical (unpaired) electrons. The molecule has 1 aromatic rings. The lowest BCUT2D eigenvalue weighted by Gasteiger charge is -2.24. The zero-order chi connectivity index (χ0) is 16.8. The third kappa shape index (κ3) is 5.62. The molecule has 0 amide bonds. The first-order valence-corrected chi connectivity index (χ1v) is 8.41. The Morgan fingerprint density at radius 3 is 2.32 bits per heavy atom. The van der Waals surface area contributed by atoms with Crippen LogP contribution >= 0.6 is 0 Å². The molecule has 126 valence electrons. The smallest absolute Gasteiger partial charge is 0.123 e. The Labute approximate surface area is 135 Å². The van der Waals surface area contributed by atoms with Crippen LogP contribution in [0.4, 0.5) is 0 Å². The summed E-state index contributed by atoms with van der Waals surface area (Å²) >= 11 is 0. The van der Waals surface area contributed by atoms with Crippen molar-refractivity contribution in [1.29, 1.82) is 0 Å². The van der Waals surface area contributed by atoms with Crippen LogP contribution in [0.25, 0.3) is 0 Å². The van der Waals surface area contributed by atoms with E-state index >= 15 is 0 Å². The number of aliphatic hydroxyl groups is 2. The van der Waals surface area contributed by atoms with Gasteiger partial charge in [0.05, 0.1) is 18.8 Å². The van der Waals surface area contributed by atoms with Crippen LogP contribution in [-0.4, -0.2) is 29.0 Å². The summed E-state index contributed by atoms with van der Waals surface area (Å²) in [6, 6.07) is 6.27. The maximum Gasteiger partial charge on any atom is 0.123 e. The van der Waals surface area contributed by atoms with Crippen LogP contribution in [0.1, 0.15) is 65.0 Å². The van der Waals surface area contributed by atoms with Crippen LogP contribution < -0.4 is 4.74 Å². The molecule has 0 fully saturated rings. The second kappa shape index (κ2) is 8.54. The Morgan fingerprint density at radius 2 is 1.77 bits per heavy atom. The Morgan fingerprint density at radius 1 is 1.09 bits per heavy atom. The van der Waals surface area contributed by atoms with Crippen molar-refractivity contribution < 1.29 is 14.9 Å². The second-order valence-corrected chi connectivity index (χ2v) is 7.01. The summed E-state index contributed by atoms with van der Waals surface area (Å²) in [6.07, 6.45) is 1.63. The van der Waals surface area contributed by atoms with Crippen molar-refractivity contribution in [2.24, 2.45) is 0 Å². The molecule has 0 spiro atoms. The van der Waals surface area contributed by atoms with Crippen molar-refractivity contribution in [2.45, 2.75) is 77.9 Å². The molecule has 0 heterocycles. The summed E-state index contributed by atoms with van der Waals surface area (Å²) in [5, 5.41) is 19.6. The number of aliphatic hydroxyl groups excluding tert-OH is 2. The molecule has 0 saturated carbocycles. The molecular formula is C19H32O3. The van der Waals surface area contributed by atoms with Gasteiger partial charge in [0.25, 0.3) is 0 Å². The van der Waals surface area contributed by atoms with Crippen LogP contribution in [0, 0.1) is 0 Å². The van der Waals surface area contributed by atoms with Crippen LogP contribution in [0.15, 0.2) is 18.2 Å². The van der Waals surface area contributed by atoms with E-state index in [0.717, 1.165) is 25.2 Å². The van der Waals surface area contributed by atoms with E-state index < -0.39 is 12.2 Å². The van der Waals surface area contributed by atoms with Gasteiger partial charge < -0.3 is 14.9 Å². The summed E-state index contributed by atoms with van der Waals surface area (Å²) in [5.41, 5.74) is 2.39. The highest BCUT2D eigenvalue weighted by atomic mass is 16.5. The molecule has 22 heavy (non-hydrogen) atoms. The number of ether oxygens (including phenoxy) is 1. The van der Waals surface area contributed by atoms with Crippen LogP contribution in [0.2, 0.25) is 0 Å². The van der Waals surface area contributed by atoms with Gasteiger partial charge in [0.2, 0.25) is 0 Å². The van der Waals surface area contributed by atoms with E-state index in [-0.39, 0.29) is 5.41 Å². The highest BCUT2D eigenvalue weighted by Gasteiger charge is 2.20. The summed E-state index contributed by atoms with van der Waals surface area (Å²) in [4.78, 5) is 0. The van der Waals surface area contributed by atoms with Crippen LogP contribution in [-0.2, 0) is 11.8 Å². The zero-order valence-electron chi connectivity index (χ0n) is 14.7. The quantitative estimate of drug-likeness (QED) is 0.767. The molecule has 3 nitrogen and oxygen atoms in total. The summed E-state index contributed by atoms with van der Waals surface area (Å²) in [7, 11) is 0. The maximum atomic E-state index is 9.90. The summed E-state index contributed by atoms with van der Waals surface area (Å²) in [6.45, 7) is 11.3. The average Bonchev–Trinajstić information content (AvgIpc) is 2.49. The molecule has 0 bridgehead atoms. The Kier molecular flexibility index (Phi) is 7.37. The van der Waals surface area contributed by atoms with E-state index in [1.54, 1.807) is 0 Å². The van der Waals surface area contributed by atoms with E-state index in [1.165, 1.54) is 11.1 Å². The molecule has 0 aromatic heterocycles. The van der Waals surface area contributed by atoms with Crippen molar-refractivity contribution in [2.75, 3.05) is 6.61 Å². The third-order valence-corrected chi connectivity index (χ3v) is 3.90. The van der Waals surface area contributed by atoms with Gasteiger partial charge in [-0.25, -0.2) is 0 Å². The number of rotatable bonds is 8. The lowest BCUT2D eigenvalue weighted by Crippen LogP contribution is -2.25. The lowest BCUT2D eigenvalue weighted by molar-refractivity contribution is 0.0130. The highest BCUT2D eigenvalue weighted by molar-refractivity contribution is 5.41. The average molecular weight is 308 g/mol. The van der Waals surface area contributed by atoms with Gasteiger partial charge in [0.1, 0.15) is 5.75 Å². The molecule has 0 aliphatic rings. The Bertz CT molecular complexity index is 448. The van der Waals surface area contributed by atoms with Gasteiger partial charge >= 0.3 is 0 Å². The van der Waals surface area contributed by atoms with E-state index in [1.807, 2.05) is 13.0 Å². The van der Waals surface area contributed by atoms with Gasteiger partial charge in [-0.3, -0.25) is 0 Å². The first kappa shape index (κ1) is 19.0. The van der Waals surface area contributed by atoms with Crippen molar-refractivity contribution >= 4 is 0 Å². The molecule has 0 aliphatic carbocycles. The van der Waals surface area contributed by atoms with Crippen LogP contribution in [0.3, 0.4) is 0 Å². The minimum absolute atomic E-state index is 0.0145. The monoisotopic (exact) mass is 308 g/mol. The SMILES string of the molecule is CCCOc1ccc(CCC(O)C(O)CC)cc1C(C)(C)C. The molecule has 2 unspecified atom stereocenters. The molecule has 2 atom stereocenters. The number of hydrogen-bond acceptors (Lipinski definition) is 3. The standard InChI is InChI=1S/C19H32O3/c1-6-12-22-18-11-9-14(13-15(18)19(3,4)5)8-10-17(21)16(20)7-2/h9,11,13,16-17,20-21H,6-8,10,12H2,1-5H3. The van der Waals surface area contributed by atoms with Gasteiger partial charge in [-0.2, -0.15) is 0 Å². The van der Waals surface area contributed by atoms with Gasteiger partial charge in [0.15, 0.2) is 0 Å². The summed E-state index contributed by atoms with van der Waals surface area (Å²) < 4.78 is 5.86. The number of aryl methyl sites for hydroxylation is 1. The first-order valence-electron chi connectivity index (χ1n) is 8.41. The van der Waals surface area contributed by atoms with Gasteiger partial charge in [-0.15, -0.1) is 0 Å². The van der Waals surface area contributed by atoms with E-state index in [9.17, 15) is 10.2 Å².